The fourth-order valence-corrected chi connectivity index (χ4v) is 27.6. The van der Waals surface area contributed by atoms with E-state index in [2.05, 4.69) is 75.3 Å². The third kappa shape index (κ3) is 15.1. The van der Waals surface area contributed by atoms with Gasteiger partial charge in [0.05, 0.1) is 24.4 Å². The number of rotatable bonds is 19. The minimum Gasteiger partial charge on any atom is -0.456 e. The molecule has 5 N–H and O–H groups in total. The topological polar surface area (TPSA) is 333 Å². The van der Waals surface area contributed by atoms with Crippen LogP contribution in [0.3, 0.4) is 0 Å². The first kappa shape index (κ1) is 89.6. The van der Waals surface area contributed by atoms with Crippen molar-refractivity contribution in [2.45, 2.75) is 315 Å². The molecule has 4 saturated heterocycles. The van der Waals surface area contributed by atoms with E-state index >= 15 is 13.6 Å². The van der Waals surface area contributed by atoms with Crippen LogP contribution in [-0.4, -0.2) is 190 Å². The maximum atomic E-state index is 16.1. The first-order valence-electron chi connectivity index (χ1n) is 40.5. The van der Waals surface area contributed by atoms with Crippen molar-refractivity contribution in [2.75, 3.05) is 13.2 Å². The summed E-state index contributed by atoms with van der Waals surface area (Å²) in [5.74, 6) is -7.14. The van der Waals surface area contributed by atoms with Crippen LogP contribution >= 0.6 is 0 Å². The van der Waals surface area contributed by atoms with Crippen molar-refractivity contribution in [2.24, 2.45) is 45.3 Å². The first-order chi connectivity index (χ1) is 53.7. The average molecular weight is 1640 g/mol. The second-order valence-corrected chi connectivity index (χ2v) is 43.2. The quantitative estimate of drug-likeness (QED) is 0.0377. The molecule has 6 fully saturated rings. The minimum atomic E-state index is -3.03. The number of hydrogen-bond acceptors (Lipinski definition) is 24. The lowest BCUT2D eigenvalue weighted by molar-refractivity contribution is -0.306. The number of carbonyl (C=O) groups excluding carboxylic acids is 6. The van der Waals surface area contributed by atoms with Crippen LogP contribution in [0.25, 0.3) is 0 Å². The summed E-state index contributed by atoms with van der Waals surface area (Å²) in [6.45, 7) is 52.4. The summed E-state index contributed by atoms with van der Waals surface area (Å²) in [4.78, 5) is 90.0. The number of hydrogen-bond donors (Lipinski definition) is 5. The van der Waals surface area contributed by atoms with E-state index in [1.54, 1.807) is 54.5 Å². The second kappa shape index (κ2) is 31.8. The number of aliphatic hydroxyl groups excluding tert-OH is 1. The summed E-state index contributed by atoms with van der Waals surface area (Å²) in [5, 5.41) is 43.5. The lowest BCUT2D eigenvalue weighted by Crippen LogP contribution is -2.76. The van der Waals surface area contributed by atoms with Gasteiger partial charge in [-0.1, -0.05) is 134 Å². The summed E-state index contributed by atoms with van der Waals surface area (Å²) in [7, 11) is -3.03. The van der Waals surface area contributed by atoms with Gasteiger partial charge in [-0.25, -0.2) is 28.0 Å². The Morgan fingerprint density at radius 3 is 1.31 bits per heavy atom. The molecule has 0 unspecified atom stereocenters. The highest BCUT2D eigenvalue weighted by Gasteiger charge is 2.77. The van der Waals surface area contributed by atoms with Gasteiger partial charge < -0.3 is 87.2 Å². The molecular weight excluding hydrogens is 1520 g/mol. The number of nitrogens with zero attached hydrogens (tertiary/aromatic N) is 2. The van der Waals surface area contributed by atoms with Crippen molar-refractivity contribution in [3.63, 3.8) is 0 Å². The molecule has 640 valence electrons. The molecular formula is C87H122F2N4O22Si. The Morgan fingerprint density at radius 1 is 0.603 bits per heavy atom. The van der Waals surface area contributed by atoms with Crippen LogP contribution in [0.1, 0.15) is 202 Å². The van der Waals surface area contributed by atoms with Gasteiger partial charge in [0.1, 0.15) is 95.1 Å². The Kier molecular flexibility index (Phi) is 24.5. The van der Waals surface area contributed by atoms with E-state index < -0.39 is 226 Å². The average Bonchev–Trinajstić information content (AvgIpc) is 1.12. The molecule has 0 radical (unpaired) electrons. The second-order valence-electron chi connectivity index (χ2n) is 37.8. The van der Waals surface area contributed by atoms with E-state index in [1.807, 2.05) is 86.6 Å². The molecule has 2 saturated carbocycles. The third-order valence-corrected chi connectivity index (χ3v) is 33.2. The maximum Gasteiger partial charge on any atom is 0.408 e. The van der Waals surface area contributed by atoms with Gasteiger partial charge >= 0.3 is 36.1 Å². The molecule has 0 spiro atoms. The lowest BCUT2D eigenvalue weighted by Gasteiger charge is -2.66. The number of aromatic nitrogens is 2. The van der Waals surface area contributed by atoms with E-state index in [9.17, 15) is 39.3 Å². The highest BCUT2D eigenvalue weighted by atomic mass is 28.4. The number of alkyl carbamates (subject to hydrolysis) is 2. The molecule has 6 heterocycles. The molecule has 4 bridgehead atoms. The number of nitrogens with one attached hydrogen (secondary N) is 2. The zero-order valence-electron chi connectivity index (χ0n) is 71.5. The summed E-state index contributed by atoms with van der Waals surface area (Å²) in [5.41, 5.74) is -9.42. The monoisotopic (exact) mass is 1640 g/mol. The van der Waals surface area contributed by atoms with Gasteiger partial charge in [-0.05, 0) is 143 Å². The molecule has 26 nitrogen and oxygen atoms in total. The van der Waals surface area contributed by atoms with Crippen molar-refractivity contribution in [1.29, 1.82) is 0 Å². The number of fused-ring (bicyclic) bond motifs is 16. The van der Waals surface area contributed by atoms with Gasteiger partial charge in [0.25, 0.3) is 0 Å². The van der Waals surface area contributed by atoms with Gasteiger partial charge in [0.2, 0.25) is 8.32 Å². The van der Waals surface area contributed by atoms with E-state index in [0.29, 0.717) is 22.3 Å². The Bertz CT molecular complexity index is 4260. The van der Waals surface area contributed by atoms with Crippen LogP contribution in [0.4, 0.5) is 18.4 Å². The summed E-state index contributed by atoms with van der Waals surface area (Å²) in [6, 6.07) is 1.86. The van der Waals surface area contributed by atoms with E-state index in [-0.39, 0.29) is 48.4 Å². The fraction of sp³-hybridized carbons (Fsp3) is 0.678. The predicted octanol–water partition coefficient (Wildman–Crippen LogP) is 13.0. The zero-order valence-corrected chi connectivity index (χ0v) is 72.5. The van der Waals surface area contributed by atoms with Crippen molar-refractivity contribution in [3.8, 4) is 0 Å². The maximum absolute atomic E-state index is 16.1. The van der Waals surface area contributed by atoms with Crippen LogP contribution in [-0.2, 0) is 80.4 Å². The van der Waals surface area contributed by atoms with E-state index in [4.69, 9.17) is 61.3 Å². The molecule has 2 aromatic heterocycles. The van der Waals surface area contributed by atoms with Gasteiger partial charge in [0, 0.05) is 72.6 Å². The number of amides is 2. The summed E-state index contributed by atoms with van der Waals surface area (Å²) < 4.78 is 113. The fourth-order valence-electron chi connectivity index (χ4n) is 22.1. The van der Waals surface area contributed by atoms with Crippen molar-refractivity contribution >= 4 is 44.4 Å². The standard InChI is InChI=1S/C48H71FN2O11Si.C39H51FN2O11/c1-17-34-58-38-35-28(8)32(23-48(55,45(35,14)15)29(9)40-46(16,41(38)59-34)21-20-33-47(40,24-56-33)60-30(10)52)57-42(53)39(62-63(25(2)3,26(4)5)27(6)7)37(36-31(49)19-18-22-50-36)51-43(54)61-44(11,12)13;1-11-25-50-30-26-19(2)23(49-33(45)29(44)28(27-22(40)13-12-16-41-27)42-34(46)53-35(5,6)7)17-39(47,36(26,8)9)20(3)31-37(10,32(30)51-25)15-14-24-38(31,18-48-24)52-21(4)43/h17-22,25-27,29,32-34,37-41,55H,1,23-24H2,2-16H3,(H,51,54);11-16,20,23-25,28-32,44,47H,1,17-18H2,2-10H3,(H,42,46)/t29-,32-,33+,34+,37-,38+,39+,40-,41+,46+,47-,48+;20-,23-,24+,25+,28-,29+,30+,31-,32+,37+,38-,39+/m00/s1. The molecule has 24 atom stereocenters. The summed E-state index contributed by atoms with van der Waals surface area (Å²) >= 11 is 0. The van der Waals surface area contributed by atoms with Crippen LogP contribution in [0, 0.1) is 57.0 Å². The van der Waals surface area contributed by atoms with Crippen LogP contribution in [0.2, 0.25) is 16.6 Å². The molecule has 2 amide bonds. The minimum absolute atomic E-state index is 0.0342. The number of halogens is 2. The Balaban J connectivity index is 0.000000231. The largest absolute Gasteiger partial charge is 0.456 e. The molecule has 10 aliphatic rings. The molecule has 29 heteroatoms. The lowest BCUT2D eigenvalue weighted by atomic mass is 9.44. The number of esters is 4. The number of carbonyl (C=O) groups is 6. The highest BCUT2D eigenvalue weighted by Crippen LogP contribution is 2.69. The van der Waals surface area contributed by atoms with Crippen LogP contribution in [0.15, 0.2) is 109 Å². The van der Waals surface area contributed by atoms with Crippen molar-refractivity contribution < 1.29 is 114 Å². The molecule has 0 aromatic carbocycles. The molecule has 2 aromatic rings. The van der Waals surface area contributed by atoms with Gasteiger partial charge in [-0.15, -0.1) is 0 Å². The zero-order chi connectivity index (χ0) is 86.0. The Labute approximate surface area is 681 Å². The van der Waals surface area contributed by atoms with Crippen LogP contribution < -0.4 is 10.6 Å². The van der Waals surface area contributed by atoms with E-state index in [1.165, 1.54) is 50.5 Å². The predicted molar refractivity (Wildman–Crippen MR) is 422 cm³/mol. The van der Waals surface area contributed by atoms with Crippen molar-refractivity contribution in [3.05, 3.63) is 132 Å². The van der Waals surface area contributed by atoms with Crippen molar-refractivity contribution in [1.82, 2.24) is 20.6 Å². The molecule has 12 rings (SSSR count). The van der Waals surface area contributed by atoms with E-state index in [0.717, 1.165) is 6.07 Å². The molecule has 116 heavy (non-hydrogen) atoms. The first-order valence-corrected chi connectivity index (χ1v) is 42.6. The Hall–Kier alpha value is -7.16. The van der Waals surface area contributed by atoms with Gasteiger partial charge in [-0.2, -0.15) is 0 Å². The normalized spacial score (nSPS) is 36.1. The van der Waals surface area contributed by atoms with Gasteiger partial charge in [-0.3, -0.25) is 19.6 Å². The highest BCUT2D eigenvalue weighted by molar-refractivity contribution is 6.77. The summed E-state index contributed by atoms with van der Waals surface area (Å²) in [6.07, 6.45) is -0.159. The number of aliphatic hydroxyl groups is 3. The smallest absolute Gasteiger partial charge is 0.408 e. The van der Waals surface area contributed by atoms with Crippen LogP contribution in [0.5, 0.6) is 0 Å². The Morgan fingerprint density at radius 2 is 0.974 bits per heavy atom. The SMILES string of the molecule is C=C[C@@H]1O[C@@H]2C3=C(C)[C@@H](OC(=O)[C@H](O)[C@@H](NC(=O)OC(C)(C)C)c4ncccc4F)C[C@@](O)([C@@H](C)[C@H]4[C@@](C)(C=C[C@H]5OC[C@]54OC(C)=O)[C@@H]2O1)C3(C)C.C=C[C@@H]1O[C@@H]2C3=C(C)[C@@H](OC(=O)[C@H](O[Si](C(C)C)(C(C)C)C(C)C)[C@@H](NC(=O)OC(C)(C)C)c4ncccc4F)C[C@@](O)([C@@H](C)[C@H]4[C@@](C)(C=C[C@H]5OC[C@]54OC(C)=O)[C@@H]2O1)C3(C)C. The number of ether oxygens (including phenoxy) is 12. The molecule has 6 aliphatic carbocycles. The third-order valence-electron chi connectivity index (χ3n) is 27.1. The number of pyridine rings is 2. The molecule has 4 aliphatic heterocycles. The van der Waals surface area contributed by atoms with Gasteiger partial charge in [0.15, 0.2) is 36.0 Å².